The van der Waals surface area contributed by atoms with Gasteiger partial charge in [-0.05, 0) is 43.1 Å². The van der Waals surface area contributed by atoms with Crippen LogP contribution < -0.4 is 0 Å². The smallest absolute Gasteiger partial charge is 0.227 e. The summed E-state index contributed by atoms with van der Waals surface area (Å²) in [4.78, 5) is 7.08. The lowest BCUT2D eigenvalue weighted by atomic mass is 10.0. The molecule has 4 rings (SSSR count). The van der Waals surface area contributed by atoms with Crippen LogP contribution in [0.2, 0.25) is 0 Å². The summed E-state index contributed by atoms with van der Waals surface area (Å²) in [6.07, 6.45) is 2.20. The third-order valence-corrected chi connectivity index (χ3v) is 4.98. The predicted octanol–water partition coefficient (Wildman–Crippen LogP) is 3.76. The number of aliphatic hydroxyl groups excluding tert-OH is 1. The molecule has 1 aliphatic heterocycles. The van der Waals surface area contributed by atoms with Gasteiger partial charge in [0.05, 0.1) is 12.3 Å². The molecule has 2 aromatic carbocycles. The van der Waals surface area contributed by atoms with Crippen molar-refractivity contribution in [3.05, 3.63) is 53.9 Å². The van der Waals surface area contributed by atoms with Crippen LogP contribution in [0, 0.1) is 6.92 Å². The standard InChI is InChI=1S/C20H22N2O2/c1-14-19(12-22-11-5-8-16(22)13-23)21-20(24-14)18-10-4-7-15-6-2-3-9-17(15)18/h2-4,6-7,9-10,16,23H,5,8,11-13H2,1H3/t16-/m0/s1. The Kier molecular flexibility index (Phi) is 4.08. The van der Waals surface area contributed by atoms with Gasteiger partial charge in [-0.2, -0.15) is 0 Å². The van der Waals surface area contributed by atoms with Crippen LogP contribution in [-0.2, 0) is 6.54 Å². The van der Waals surface area contributed by atoms with Crippen LogP contribution in [0.15, 0.2) is 46.9 Å². The number of rotatable bonds is 4. The largest absolute Gasteiger partial charge is 0.441 e. The number of fused-ring (bicyclic) bond motifs is 1. The summed E-state index contributed by atoms with van der Waals surface area (Å²) < 4.78 is 5.99. The molecule has 1 N–H and O–H groups in total. The van der Waals surface area contributed by atoms with Crippen LogP contribution in [0.3, 0.4) is 0 Å². The Hall–Kier alpha value is -2.17. The molecule has 0 radical (unpaired) electrons. The lowest BCUT2D eigenvalue weighted by Gasteiger charge is -2.21. The van der Waals surface area contributed by atoms with Gasteiger partial charge in [0, 0.05) is 18.2 Å². The number of aromatic nitrogens is 1. The van der Waals surface area contributed by atoms with Crippen molar-refractivity contribution in [1.29, 1.82) is 0 Å². The molecule has 1 atom stereocenters. The third-order valence-electron chi connectivity index (χ3n) is 4.98. The zero-order valence-electron chi connectivity index (χ0n) is 13.9. The minimum atomic E-state index is 0.215. The van der Waals surface area contributed by atoms with Gasteiger partial charge in [0.15, 0.2) is 0 Å². The lowest BCUT2D eigenvalue weighted by molar-refractivity contribution is 0.152. The van der Waals surface area contributed by atoms with Gasteiger partial charge < -0.3 is 9.52 Å². The molecule has 124 valence electrons. The maximum atomic E-state index is 9.50. The first-order valence-electron chi connectivity index (χ1n) is 8.55. The van der Waals surface area contributed by atoms with E-state index in [1.807, 2.05) is 25.1 Å². The molecule has 2 heterocycles. The molecule has 3 aromatic rings. The number of aliphatic hydroxyl groups is 1. The highest BCUT2D eigenvalue weighted by Crippen LogP contribution is 2.30. The van der Waals surface area contributed by atoms with Crippen molar-refractivity contribution in [2.75, 3.05) is 13.2 Å². The summed E-state index contributed by atoms with van der Waals surface area (Å²) in [6, 6.07) is 14.7. The van der Waals surface area contributed by atoms with E-state index in [1.165, 1.54) is 5.39 Å². The topological polar surface area (TPSA) is 49.5 Å². The van der Waals surface area contributed by atoms with Crippen LogP contribution >= 0.6 is 0 Å². The Morgan fingerprint density at radius 2 is 2.04 bits per heavy atom. The molecular weight excluding hydrogens is 300 g/mol. The molecule has 1 aromatic heterocycles. The zero-order valence-corrected chi connectivity index (χ0v) is 13.9. The molecule has 0 amide bonds. The SMILES string of the molecule is Cc1oc(-c2cccc3ccccc23)nc1CN1CCC[C@H]1CO. The average molecular weight is 322 g/mol. The van der Waals surface area contributed by atoms with E-state index < -0.39 is 0 Å². The van der Waals surface area contributed by atoms with Crippen LogP contribution in [0.5, 0.6) is 0 Å². The summed E-state index contributed by atoms with van der Waals surface area (Å²) in [5, 5.41) is 11.8. The molecule has 4 nitrogen and oxygen atoms in total. The second-order valence-corrected chi connectivity index (χ2v) is 6.50. The summed E-state index contributed by atoms with van der Waals surface area (Å²) in [6.45, 7) is 3.94. The van der Waals surface area contributed by atoms with E-state index in [9.17, 15) is 5.11 Å². The van der Waals surface area contributed by atoms with Gasteiger partial charge in [-0.15, -0.1) is 0 Å². The Labute approximate surface area is 141 Å². The van der Waals surface area contributed by atoms with Crippen molar-refractivity contribution >= 4 is 10.8 Å². The summed E-state index contributed by atoms with van der Waals surface area (Å²) in [5.41, 5.74) is 2.00. The number of oxazole rings is 1. The highest BCUT2D eigenvalue weighted by atomic mass is 16.4. The molecule has 0 bridgehead atoms. The van der Waals surface area contributed by atoms with E-state index >= 15 is 0 Å². The maximum Gasteiger partial charge on any atom is 0.227 e. The first kappa shape index (κ1) is 15.4. The molecule has 1 fully saturated rings. The minimum Gasteiger partial charge on any atom is -0.441 e. The van der Waals surface area contributed by atoms with E-state index in [0.717, 1.165) is 48.3 Å². The Balaban J connectivity index is 1.68. The minimum absolute atomic E-state index is 0.215. The number of aryl methyl sites for hydroxylation is 1. The van der Waals surface area contributed by atoms with Crippen molar-refractivity contribution in [2.24, 2.45) is 0 Å². The third kappa shape index (κ3) is 2.72. The molecule has 0 spiro atoms. The van der Waals surface area contributed by atoms with Gasteiger partial charge in [0.1, 0.15) is 5.76 Å². The lowest BCUT2D eigenvalue weighted by Crippen LogP contribution is -2.31. The molecular formula is C20H22N2O2. The zero-order chi connectivity index (χ0) is 16.5. The average Bonchev–Trinajstić information content (AvgIpc) is 3.21. The first-order valence-corrected chi connectivity index (χ1v) is 8.55. The molecule has 0 aliphatic carbocycles. The Morgan fingerprint density at radius 1 is 1.21 bits per heavy atom. The molecule has 1 aliphatic rings. The molecule has 1 saturated heterocycles. The summed E-state index contributed by atoms with van der Waals surface area (Å²) in [5.74, 6) is 1.54. The first-order chi connectivity index (χ1) is 11.8. The fourth-order valence-corrected chi connectivity index (χ4v) is 3.60. The van der Waals surface area contributed by atoms with E-state index in [0.29, 0.717) is 5.89 Å². The van der Waals surface area contributed by atoms with Crippen LogP contribution in [0.1, 0.15) is 24.3 Å². The molecule has 0 saturated carbocycles. The van der Waals surface area contributed by atoms with E-state index in [4.69, 9.17) is 9.40 Å². The van der Waals surface area contributed by atoms with Gasteiger partial charge in [-0.25, -0.2) is 4.98 Å². The number of hydrogen-bond donors (Lipinski definition) is 1. The quantitative estimate of drug-likeness (QED) is 0.794. The second-order valence-electron chi connectivity index (χ2n) is 6.50. The monoisotopic (exact) mass is 322 g/mol. The van der Waals surface area contributed by atoms with Crippen molar-refractivity contribution in [3.8, 4) is 11.5 Å². The van der Waals surface area contributed by atoms with E-state index in [2.05, 4.69) is 29.2 Å². The van der Waals surface area contributed by atoms with Gasteiger partial charge in [0.25, 0.3) is 0 Å². The van der Waals surface area contributed by atoms with Gasteiger partial charge in [0.2, 0.25) is 5.89 Å². The fourth-order valence-electron chi connectivity index (χ4n) is 3.60. The van der Waals surface area contributed by atoms with Crippen LogP contribution in [0.4, 0.5) is 0 Å². The van der Waals surface area contributed by atoms with Gasteiger partial charge in [-0.3, -0.25) is 4.90 Å². The van der Waals surface area contributed by atoms with Crippen molar-refractivity contribution in [1.82, 2.24) is 9.88 Å². The van der Waals surface area contributed by atoms with Crippen molar-refractivity contribution in [3.63, 3.8) is 0 Å². The number of likely N-dealkylation sites (tertiary alicyclic amines) is 1. The molecule has 24 heavy (non-hydrogen) atoms. The predicted molar refractivity (Wildman–Crippen MR) is 94.7 cm³/mol. The summed E-state index contributed by atoms with van der Waals surface area (Å²) >= 11 is 0. The van der Waals surface area contributed by atoms with E-state index in [1.54, 1.807) is 0 Å². The maximum absolute atomic E-state index is 9.50. The van der Waals surface area contributed by atoms with Crippen molar-refractivity contribution < 1.29 is 9.52 Å². The van der Waals surface area contributed by atoms with Gasteiger partial charge >= 0.3 is 0 Å². The van der Waals surface area contributed by atoms with Gasteiger partial charge in [-0.1, -0.05) is 36.4 Å². The highest BCUT2D eigenvalue weighted by molar-refractivity contribution is 5.94. The normalized spacial score (nSPS) is 18.5. The number of nitrogens with zero attached hydrogens (tertiary/aromatic N) is 2. The fraction of sp³-hybridized carbons (Fsp3) is 0.350. The van der Waals surface area contributed by atoms with Crippen LogP contribution in [0.25, 0.3) is 22.2 Å². The molecule has 0 unspecified atom stereocenters. The second kappa shape index (κ2) is 6.38. The Bertz CT molecular complexity index is 850. The molecule has 4 heteroatoms. The van der Waals surface area contributed by atoms with Crippen molar-refractivity contribution in [2.45, 2.75) is 32.4 Å². The number of hydrogen-bond acceptors (Lipinski definition) is 4. The summed E-state index contributed by atoms with van der Waals surface area (Å²) in [7, 11) is 0. The van der Waals surface area contributed by atoms with E-state index in [-0.39, 0.29) is 12.6 Å². The Morgan fingerprint density at radius 3 is 2.92 bits per heavy atom. The number of benzene rings is 2. The van der Waals surface area contributed by atoms with Crippen LogP contribution in [-0.4, -0.2) is 34.2 Å². The highest BCUT2D eigenvalue weighted by Gasteiger charge is 2.25.